The first-order valence-corrected chi connectivity index (χ1v) is 9.19. The third-order valence-electron chi connectivity index (χ3n) is 4.33. The van der Waals surface area contributed by atoms with E-state index >= 15 is 0 Å². The van der Waals surface area contributed by atoms with E-state index in [-0.39, 0.29) is 16.7 Å². The van der Waals surface area contributed by atoms with E-state index in [1.54, 1.807) is 0 Å². The van der Waals surface area contributed by atoms with Gasteiger partial charge in [-0.3, -0.25) is 4.79 Å². The molecule has 2 atom stereocenters. The summed E-state index contributed by atoms with van der Waals surface area (Å²) in [6, 6.07) is 7.88. The van der Waals surface area contributed by atoms with Crippen LogP contribution in [0.3, 0.4) is 0 Å². The maximum Gasteiger partial charge on any atom is 0.311 e. The quantitative estimate of drug-likeness (QED) is 0.392. The van der Waals surface area contributed by atoms with E-state index in [2.05, 4.69) is 22.9 Å². The molecule has 2 nitrogen and oxygen atoms in total. The monoisotopic (exact) mass is 388 g/mol. The molecular weight excluding hydrogens is 364 g/mol. The number of esters is 1. The maximum atomic E-state index is 12.2. The van der Waals surface area contributed by atoms with Crippen LogP contribution in [-0.4, -0.2) is 12.6 Å². The van der Waals surface area contributed by atoms with Gasteiger partial charge in [-0.1, -0.05) is 59.1 Å². The molecular formula is C18H26BrClO2. The molecule has 0 heterocycles. The van der Waals surface area contributed by atoms with Crippen LogP contribution in [0.2, 0.25) is 5.02 Å². The number of hydrogen-bond donors (Lipinski definition) is 0. The maximum absolute atomic E-state index is 12.2. The van der Waals surface area contributed by atoms with Crippen molar-refractivity contribution in [3.8, 4) is 0 Å². The van der Waals surface area contributed by atoms with E-state index in [9.17, 15) is 4.79 Å². The molecule has 0 spiro atoms. The lowest BCUT2D eigenvalue weighted by molar-refractivity contribution is -0.157. The van der Waals surface area contributed by atoms with Crippen molar-refractivity contribution in [1.82, 2.24) is 0 Å². The lowest BCUT2D eigenvalue weighted by atomic mass is 9.74. The molecule has 0 aliphatic heterocycles. The molecule has 22 heavy (non-hydrogen) atoms. The van der Waals surface area contributed by atoms with Gasteiger partial charge in [0, 0.05) is 9.85 Å². The van der Waals surface area contributed by atoms with Crippen LogP contribution in [0.4, 0.5) is 0 Å². The molecule has 0 amide bonds. The van der Waals surface area contributed by atoms with Crippen LogP contribution in [-0.2, 0) is 9.53 Å². The summed E-state index contributed by atoms with van der Waals surface area (Å²) in [5, 5.41) is 0.780. The number of carbonyl (C=O) groups is 1. The van der Waals surface area contributed by atoms with E-state index in [1.165, 1.54) is 0 Å². The topological polar surface area (TPSA) is 26.3 Å². The molecule has 2 unspecified atom stereocenters. The van der Waals surface area contributed by atoms with Crippen molar-refractivity contribution < 1.29 is 9.53 Å². The van der Waals surface area contributed by atoms with E-state index in [1.807, 2.05) is 45.0 Å². The highest BCUT2D eigenvalue weighted by Crippen LogP contribution is 2.39. The number of halogens is 2. The third kappa shape index (κ3) is 4.99. The molecule has 124 valence electrons. The number of ether oxygens (including phenoxy) is 1. The molecule has 1 aromatic rings. The molecule has 1 aromatic carbocycles. The van der Waals surface area contributed by atoms with Crippen LogP contribution in [0.1, 0.15) is 57.3 Å². The minimum Gasteiger partial charge on any atom is -0.466 e. The molecule has 4 heteroatoms. The van der Waals surface area contributed by atoms with E-state index in [4.69, 9.17) is 16.3 Å². The predicted molar refractivity (Wildman–Crippen MR) is 96.5 cm³/mol. The van der Waals surface area contributed by atoms with Gasteiger partial charge in [0.15, 0.2) is 0 Å². The summed E-state index contributed by atoms with van der Waals surface area (Å²) in [7, 11) is 0. The third-order valence-corrected chi connectivity index (χ3v) is 5.62. The van der Waals surface area contributed by atoms with Crippen molar-refractivity contribution in [1.29, 1.82) is 0 Å². The van der Waals surface area contributed by atoms with Crippen molar-refractivity contribution >= 4 is 33.5 Å². The molecule has 0 aliphatic carbocycles. The average molecular weight is 390 g/mol. The van der Waals surface area contributed by atoms with Crippen LogP contribution in [0, 0.1) is 11.3 Å². The SMILES string of the molecule is CCOC(=O)C(C)(C)C(CC)CCC(Br)c1ccccc1Cl. The summed E-state index contributed by atoms with van der Waals surface area (Å²) >= 11 is 9.97. The van der Waals surface area contributed by atoms with Gasteiger partial charge in [0.05, 0.1) is 12.0 Å². The van der Waals surface area contributed by atoms with Crippen LogP contribution in [0.15, 0.2) is 24.3 Å². The number of rotatable bonds is 8. The van der Waals surface area contributed by atoms with Crippen LogP contribution >= 0.6 is 27.5 Å². The second-order valence-corrected chi connectivity index (χ2v) is 7.63. The summed E-state index contributed by atoms with van der Waals surface area (Å²) in [6.07, 6.45) is 2.84. The Balaban J connectivity index is 2.71. The Labute approximate surface area is 147 Å². The fourth-order valence-electron chi connectivity index (χ4n) is 2.79. The van der Waals surface area contributed by atoms with Crippen LogP contribution in [0.5, 0.6) is 0 Å². The van der Waals surface area contributed by atoms with Gasteiger partial charge in [-0.15, -0.1) is 0 Å². The zero-order chi connectivity index (χ0) is 16.8. The van der Waals surface area contributed by atoms with Gasteiger partial charge in [-0.2, -0.15) is 0 Å². The second-order valence-electron chi connectivity index (χ2n) is 6.11. The Morgan fingerprint density at radius 2 is 1.91 bits per heavy atom. The zero-order valence-corrected chi connectivity index (χ0v) is 16.2. The molecule has 0 saturated carbocycles. The van der Waals surface area contributed by atoms with Gasteiger partial charge in [0.1, 0.15) is 0 Å². The van der Waals surface area contributed by atoms with E-state index in [0.29, 0.717) is 6.61 Å². The largest absolute Gasteiger partial charge is 0.466 e. The van der Waals surface area contributed by atoms with Crippen molar-refractivity contribution in [3.63, 3.8) is 0 Å². The minimum absolute atomic E-state index is 0.106. The van der Waals surface area contributed by atoms with Crippen molar-refractivity contribution in [2.24, 2.45) is 11.3 Å². The summed E-state index contributed by atoms with van der Waals surface area (Å²) in [6.45, 7) is 8.38. The Morgan fingerprint density at radius 1 is 1.27 bits per heavy atom. The van der Waals surface area contributed by atoms with Crippen LogP contribution in [0.25, 0.3) is 0 Å². The lowest BCUT2D eigenvalue weighted by Gasteiger charge is -2.32. The van der Waals surface area contributed by atoms with Gasteiger partial charge in [0.25, 0.3) is 0 Å². The Hall–Kier alpha value is -0.540. The fraction of sp³-hybridized carbons (Fsp3) is 0.611. The van der Waals surface area contributed by atoms with E-state index in [0.717, 1.165) is 29.8 Å². The molecule has 0 aromatic heterocycles. The Kier molecular flexibility index (Phi) is 7.92. The lowest BCUT2D eigenvalue weighted by Crippen LogP contribution is -2.34. The highest BCUT2D eigenvalue weighted by atomic mass is 79.9. The highest BCUT2D eigenvalue weighted by Gasteiger charge is 2.37. The number of hydrogen-bond acceptors (Lipinski definition) is 2. The van der Waals surface area contributed by atoms with Crippen molar-refractivity contribution in [2.75, 3.05) is 6.61 Å². The summed E-state index contributed by atoms with van der Waals surface area (Å²) in [4.78, 5) is 12.4. The predicted octanol–water partition coefficient (Wildman–Crippen LogP) is 6.17. The Bertz CT molecular complexity index is 488. The molecule has 0 bridgehead atoms. The van der Waals surface area contributed by atoms with E-state index < -0.39 is 5.41 Å². The van der Waals surface area contributed by atoms with Gasteiger partial charge < -0.3 is 4.74 Å². The molecule has 1 rings (SSSR count). The summed E-state index contributed by atoms with van der Waals surface area (Å²) in [5.74, 6) is 0.180. The normalized spacial score (nSPS) is 14.5. The number of alkyl halides is 1. The smallest absolute Gasteiger partial charge is 0.311 e. The average Bonchev–Trinajstić information content (AvgIpc) is 2.48. The van der Waals surface area contributed by atoms with Crippen molar-refractivity contribution in [3.05, 3.63) is 34.9 Å². The second kappa shape index (κ2) is 8.93. The molecule has 0 N–H and O–H groups in total. The zero-order valence-electron chi connectivity index (χ0n) is 13.9. The van der Waals surface area contributed by atoms with Gasteiger partial charge >= 0.3 is 5.97 Å². The van der Waals surface area contributed by atoms with Crippen molar-refractivity contribution in [2.45, 2.75) is 51.8 Å². The minimum atomic E-state index is -0.460. The van der Waals surface area contributed by atoms with Gasteiger partial charge in [0.2, 0.25) is 0 Å². The summed E-state index contributed by atoms with van der Waals surface area (Å²) < 4.78 is 5.23. The number of carbonyl (C=O) groups excluding carboxylic acids is 1. The summed E-state index contributed by atoms with van der Waals surface area (Å²) in [5.41, 5.74) is 0.644. The Morgan fingerprint density at radius 3 is 2.45 bits per heavy atom. The van der Waals surface area contributed by atoms with Crippen LogP contribution < -0.4 is 0 Å². The first-order chi connectivity index (χ1) is 10.3. The van der Waals surface area contributed by atoms with Gasteiger partial charge in [-0.05, 0) is 51.2 Å². The fourth-order valence-corrected chi connectivity index (χ4v) is 3.85. The standard InChI is InChI=1S/C18H26BrClO2/c1-5-13(18(3,4)17(21)22-6-2)11-12-15(19)14-9-7-8-10-16(14)20/h7-10,13,15H,5-6,11-12H2,1-4H3. The first-order valence-electron chi connectivity index (χ1n) is 7.90. The molecule has 0 saturated heterocycles. The first kappa shape index (κ1) is 19.5. The highest BCUT2D eigenvalue weighted by molar-refractivity contribution is 9.09. The molecule has 0 radical (unpaired) electrons. The number of benzene rings is 1. The molecule has 0 aliphatic rings. The molecule has 0 fully saturated rings. The van der Waals surface area contributed by atoms with Gasteiger partial charge in [-0.25, -0.2) is 0 Å².